The fourth-order valence-electron chi connectivity index (χ4n) is 3.38. The van der Waals surface area contributed by atoms with E-state index >= 15 is 0 Å². The van der Waals surface area contributed by atoms with Crippen LogP contribution in [0.3, 0.4) is 0 Å². The number of pyridine rings is 1. The SMILES string of the molecule is O=C(c1cc2c(s1)CCNC2)N(CCc1ccccc1)Cc1ccncc1. The number of hydrogen-bond acceptors (Lipinski definition) is 4. The van der Waals surface area contributed by atoms with Crippen molar-refractivity contribution in [2.75, 3.05) is 13.1 Å². The van der Waals surface area contributed by atoms with Gasteiger partial charge >= 0.3 is 0 Å². The number of fused-ring (bicyclic) bond motifs is 1. The molecule has 0 spiro atoms. The molecule has 3 aromatic rings. The number of thiophene rings is 1. The highest BCUT2D eigenvalue weighted by molar-refractivity contribution is 7.14. The highest BCUT2D eigenvalue weighted by Gasteiger charge is 2.21. The van der Waals surface area contributed by atoms with Crippen LogP contribution in [0.1, 0.15) is 31.2 Å². The fraction of sp³-hybridized carbons (Fsp3) is 0.273. The van der Waals surface area contributed by atoms with Gasteiger partial charge in [-0.15, -0.1) is 11.3 Å². The van der Waals surface area contributed by atoms with E-state index in [2.05, 4.69) is 28.5 Å². The molecule has 1 amide bonds. The lowest BCUT2D eigenvalue weighted by Gasteiger charge is -2.22. The molecule has 0 fully saturated rings. The topological polar surface area (TPSA) is 45.2 Å². The molecule has 0 aliphatic carbocycles. The number of carbonyl (C=O) groups excluding carboxylic acids is 1. The molecule has 3 heterocycles. The Labute approximate surface area is 163 Å². The minimum atomic E-state index is 0.127. The highest BCUT2D eigenvalue weighted by Crippen LogP contribution is 2.27. The van der Waals surface area contributed by atoms with Crippen molar-refractivity contribution in [2.24, 2.45) is 0 Å². The van der Waals surface area contributed by atoms with Crippen LogP contribution in [0.25, 0.3) is 0 Å². The maximum absolute atomic E-state index is 13.3. The lowest BCUT2D eigenvalue weighted by atomic mass is 10.1. The maximum atomic E-state index is 13.3. The van der Waals surface area contributed by atoms with Gasteiger partial charge in [-0.05, 0) is 47.7 Å². The first-order chi connectivity index (χ1) is 13.3. The predicted octanol–water partition coefficient (Wildman–Crippen LogP) is 3.67. The second kappa shape index (κ2) is 8.46. The molecular formula is C22H23N3OS. The minimum absolute atomic E-state index is 0.127. The van der Waals surface area contributed by atoms with E-state index < -0.39 is 0 Å². The highest BCUT2D eigenvalue weighted by atomic mass is 32.1. The molecule has 0 unspecified atom stereocenters. The van der Waals surface area contributed by atoms with E-state index in [-0.39, 0.29) is 5.91 Å². The van der Waals surface area contributed by atoms with Crippen LogP contribution in [0.5, 0.6) is 0 Å². The number of hydrogen-bond donors (Lipinski definition) is 1. The number of amides is 1. The quantitative estimate of drug-likeness (QED) is 0.713. The maximum Gasteiger partial charge on any atom is 0.264 e. The molecule has 0 saturated carbocycles. The molecule has 4 rings (SSSR count). The fourth-order valence-corrected chi connectivity index (χ4v) is 4.53. The number of carbonyl (C=O) groups is 1. The van der Waals surface area contributed by atoms with Gasteiger partial charge in [0.25, 0.3) is 5.91 Å². The molecule has 138 valence electrons. The van der Waals surface area contributed by atoms with Gasteiger partial charge in [-0.2, -0.15) is 0 Å². The Hall–Kier alpha value is -2.50. The second-order valence-electron chi connectivity index (χ2n) is 6.80. The van der Waals surface area contributed by atoms with Gasteiger partial charge in [-0.25, -0.2) is 0 Å². The number of rotatable bonds is 6. The van der Waals surface area contributed by atoms with E-state index in [0.717, 1.165) is 36.4 Å². The van der Waals surface area contributed by atoms with Crippen LogP contribution < -0.4 is 5.32 Å². The molecule has 27 heavy (non-hydrogen) atoms. The van der Waals surface area contributed by atoms with Crippen molar-refractivity contribution in [2.45, 2.75) is 25.9 Å². The Morgan fingerprint density at radius 2 is 1.93 bits per heavy atom. The van der Waals surface area contributed by atoms with Crippen LogP contribution >= 0.6 is 11.3 Å². The summed E-state index contributed by atoms with van der Waals surface area (Å²) >= 11 is 1.66. The molecule has 0 radical (unpaired) electrons. The van der Waals surface area contributed by atoms with E-state index in [9.17, 15) is 4.79 Å². The lowest BCUT2D eigenvalue weighted by molar-refractivity contribution is 0.0750. The molecule has 1 aromatic carbocycles. The zero-order chi connectivity index (χ0) is 18.5. The van der Waals surface area contributed by atoms with E-state index in [1.165, 1.54) is 16.0 Å². The van der Waals surface area contributed by atoms with E-state index in [0.29, 0.717) is 13.1 Å². The third kappa shape index (κ3) is 4.43. The van der Waals surface area contributed by atoms with Crippen molar-refractivity contribution >= 4 is 17.2 Å². The smallest absolute Gasteiger partial charge is 0.264 e. The summed E-state index contributed by atoms with van der Waals surface area (Å²) in [5, 5.41) is 3.38. The summed E-state index contributed by atoms with van der Waals surface area (Å²) < 4.78 is 0. The van der Waals surface area contributed by atoms with E-state index in [1.807, 2.05) is 35.2 Å². The van der Waals surface area contributed by atoms with Crippen LogP contribution in [0, 0.1) is 0 Å². The van der Waals surface area contributed by atoms with Crippen molar-refractivity contribution in [1.82, 2.24) is 15.2 Å². The van der Waals surface area contributed by atoms with Gasteiger partial charge in [0.2, 0.25) is 0 Å². The van der Waals surface area contributed by atoms with E-state index in [1.54, 1.807) is 23.7 Å². The minimum Gasteiger partial charge on any atom is -0.333 e. The van der Waals surface area contributed by atoms with Gasteiger partial charge in [0.1, 0.15) is 0 Å². The summed E-state index contributed by atoms with van der Waals surface area (Å²) in [7, 11) is 0. The molecular weight excluding hydrogens is 354 g/mol. The third-order valence-electron chi connectivity index (χ3n) is 4.87. The van der Waals surface area contributed by atoms with Crippen molar-refractivity contribution in [3.63, 3.8) is 0 Å². The van der Waals surface area contributed by atoms with Crippen molar-refractivity contribution in [3.8, 4) is 0 Å². The molecule has 1 aliphatic heterocycles. The van der Waals surface area contributed by atoms with Crippen molar-refractivity contribution < 1.29 is 4.79 Å². The van der Waals surface area contributed by atoms with Crippen molar-refractivity contribution in [1.29, 1.82) is 0 Å². The van der Waals surface area contributed by atoms with Gasteiger partial charge in [-0.1, -0.05) is 30.3 Å². The molecule has 4 nitrogen and oxygen atoms in total. The van der Waals surface area contributed by atoms with Gasteiger partial charge in [0.05, 0.1) is 4.88 Å². The lowest BCUT2D eigenvalue weighted by Crippen LogP contribution is -2.32. The molecule has 1 aliphatic rings. The van der Waals surface area contributed by atoms with Gasteiger partial charge in [0.15, 0.2) is 0 Å². The average Bonchev–Trinajstić information content (AvgIpc) is 3.16. The summed E-state index contributed by atoms with van der Waals surface area (Å²) in [6.45, 7) is 3.17. The second-order valence-corrected chi connectivity index (χ2v) is 7.94. The van der Waals surface area contributed by atoms with Gasteiger partial charge < -0.3 is 10.2 Å². The van der Waals surface area contributed by atoms with Crippen LogP contribution in [-0.4, -0.2) is 28.9 Å². The molecule has 5 heteroatoms. The Morgan fingerprint density at radius 3 is 2.70 bits per heavy atom. The summed E-state index contributed by atoms with van der Waals surface area (Å²) in [6.07, 6.45) is 5.43. The first-order valence-corrected chi connectivity index (χ1v) is 10.2. The number of aromatic nitrogens is 1. The standard InChI is InChI=1S/C22H23N3OS/c26-22(21-14-19-15-24-12-8-20(19)27-21)25(16-18-6-10-23-11-7-18)13-9-17-4-2-1-3-5-17/h1-7,10-11,14,24H,8-9,12-13,15-16H2. The molecule has 0 saturated heterocycles. The zero-order valence-electron chi connectivity index (χ0n) is 15.2. The first-order valence-electron chi connectivity index (χ1n) is 9.34. The largest absolute Gasteiger partial charge is 0.333 e. The third-order valence-corrected chi connectivity index (χ3v) is 6.10. The van der Waals surface area contributed by atoms with Gasteiger partial charge in [0, 0.05) is 43.4 Å². The van der Waals surface area contributed by atoms with Gasteiger partial charge in [-0.3, -0.25) is 9.78 Å². The molecule has 1 N–H and O–H groups in total. The molecule has 0 bridgehead atoms. The first kappa shape index (κ1) is 17.9. The van der Waals surface area contributed by atoms with Crippen LogP contribution in [0.15, 0.2) is 60.9 Å². The number of benzene rings is 1. The zero-order valence-corrected chi connectivity index (χ0v) is 16.0. The summed E-state index contributed by atoms with van der Waals surface area (Å²) in [5.74, 6) is 0.127. The molecule has 2 aromatic heterocycles. The number of nitrogens with one attached hydrogen (secondary N) is 1. The average molecular weight is 378 g/mol. The Balaban J connectivity index is 1.54. The summed E-state index contributed by atoms with van der Waals surface area (Å²) in [4.78, 5) is 21.5. The van der Waals surface area contributed by atoms with Crippen molar-refractivity contribution in [3.05, 3.63) is 87.4 Å². The van der Waals surface area contributed by atoms with Crippen LogP contribution in [0.2, 0.25) is 0 Å². The Morgan fingerprint density at radius 1 is 1.11 bits per heavy atom. The van der Waals surface area contributed by atoms with E-state index in [4.69, 9.17) is 0 Å². The number of nitrogens with zero attached hydrogens (tertiary/aromatic N) is 2. The summed E-state index contributed by atoms with van der Waals surface area (Å²) in [5.41, 5.74) is 3.63. The Kier molecular flexibility index (Phi) is 5.61. The monoisotopic (exact) mass is 377 g/mol. The Bertz CT molecular complexity index is 869. The summed E-state index contributed by atoms with van der Waals surface area (Å²) in [6, 6.07) is 16.4. The predicted molar refractivity (Wildman–Crippen MR) is 109 cm³/mol. The normalized spacial score (nSPS) is 13.2. The molecule has 0 atom stereocenters. The van der Waals surface area contributed by atoms with Crippen LogP contribution in [0.4, 0.5) is 0 Å². The van der Waals surface area contributed by atoms with Crippen LogP contribution in [-0.2, 0) is 25.9 Å².